The lowest BCUT2D eigenvalue weighted by Crippen LogP contribution is -2.49. The Morgan fingerprint density at radius 3 is 3.00 bits per heavy atom. The topological polar surface area (TPSA) is 51.3 Å². The van der Waals surface area contributed by atoms with Gasteiger partial charge in [-0.15, -0.1) is 0 Å². The highest BCUT2D eigenvalue weighted by Gasteiger charge is 2.33. The standard InChI is InChI=1S/C11H15N3O/c12-13-5-8-4-9(7-13)10-2-1-3-11(15)14(10)6-8/h1-3,8-9H,4-7,12H2. The Labute approximate surface area is 88.3 Å². The number of nitrogens with two attached hydrogens (primary N) is 1. The summed E-state index contributed by atoms with van der Waals surface area (Å²) in [6.07, 6.45) is 1.18. The molecule has 2 bridgehead atoms. The average molecular weight is 205 g/mol. The van der Waals surface area contributed by atoms with Crippen molar-refractivity contribution in [2.75, 3.05) is 13.1 Å². The zero-order valence-electron chi connectivity index (χ0n) is 8.60. The summed E-state index contributed by atoms with van der Waals surface area (Å²) < 4.78 is 1.92. The van der Waals surface area contributed by atoms with E-state index < -0.39 is 0 Å². The molecule has 2 unspecified atom stereocenters. The van der Waals surface area contributed by atoms with E-state index >= 15 is 0 Å². The highest BCUT2D eigenvalue weighted by atomic mass is 16.1. The van der Waals surface area contributed by atoms with Crippen LogP contribution in [0.2, 0.25) is 0 Å². The Balaban J connectivity index is 2.10. The molecular weight excluding hydrogens is 190 g/mol. The molecule has 2 atom stereocenters. The summed E-state index contributed by atoms with van der Waals surface area (Å²) >= 11 is 0. The van der Waals surface area contributed by atoms with E-state index in [-0.39, 0.29) is 5.56 Å². The fourth-order valence-electron chi connectivity index (χ4n) is 2.93. The molecule has 2 N–H and O–H groups in total. The molecule has 1 fully saturated rings. The smallest absolute Gasteiger partial charge is 0.250 e. The van der Waals surface area contributed by atoms with Crippen molar-refractivity contribution >= 4 is 0 Å². The largest absolute Gasteiger partial charge is 0.312 e. The molecule has 3 rings (SSSR count). The molecule has 0 aliphatic carbocycles. The van der Waals surface area contributed by atoms with Crippen molar-refractivity contribution < 1.29 is 0 Å². The van der Waals surface area contributed by atoms with Gasteiger partial charge in [0.25, 0.3) is 5.56 Å². The summed E-state index contributed by atoms with van der Waals surface area (Å²) in [5.41, 5.74) is 1.29. The quantitative estimate of drug-likeness (QED) is 0.613. The van der Waals surface area contributed by atoms with Crippen LogP contribution < -0.4 is 11.4 Å². The molecule has 1 aromatic heterocycles. The Morgan fingerprint density at radius 1 is 1.27 bits per heavy atom. The Hall–Kier alpha value is -1.13. The number of fused-ring (bicyclic) bond motifs is 4. The minimum absolute atomic E-state index is 0.132. The van der Waals surface area contributed by atoms with Crippen LogP contribution in [0.15, 0.2) is 23.0 Å². The molecule has 0 radical (unpaired) electrons. The second-order valence-corrected chi connectivity index (χ2v) is 4.65. The number of hydrazine groups is 1. The van der Waals surface area contributed by atoms with Gasteiger partial charge < -0.3 is 4.57 Å². The molecule has 1 aromatic rings. The van der Waals surface area contributed by atoms with Gasteiger partial charge in [-0.1, -0.05) is 6.07 Å². The fourth-order valence-corrected chi connectivity index (χ4v) is 2.93. The predicted molar refractivity (Wildman–Crippen MR) is 57.3 cm³/mol. The molecule has 4 heteroatoms. The zero-order valence-corrected chi connectivity index (χ0v) is 8.60. The maximum atomic E-state index is 11.7. The molecule has 0 spiro atoms. The Morgan fingerprint density at radius 2 is 2.13 bits per heavy atom. The summed E-state index contributed by atoms with van der Waals surface area (Å²) in [5, 5.41) is 1.89. The van der Waals surface area contributed by atoms with E-state index in [4.69, 9.17) is 5.84 Å². The minimum Gasteiger partial charge on any atom is -0.312 e. The van der Waals surface area contributed by atoms with E-state index in [1.54, 1.807) is 6.07 Å². The third-order valence-corrected chi connectivity index (χ3v) is 3.51. The van der Waals surface area contributed by atoms with Crippen molar-refractivity contribution in [2.24, 2.45) is 11.8 Å². The van der Waals surface area contributed by atoms with E-state index in [1.165, 1.54) is 6.42 Å². The van der Waals surface area contributed by atoms with Gasteiger partial charge in [-0.2, -0.15) is 0 Å². The van der Waals surface area contributed by atoms with Crippen LogP contribution in [0.4, 0.5) is 0 Å². The predicted octanol–water partition coefficient (Wildman–Crippen LogP) is 0.141. The van der Waals surface area contributed by atoms with Crippen molar-refractivity contribution in [1.82, 2.24) is 9.58 Å². The molecule has 1 saturated heterocycles. The molecule has 2 aliphatic rings. The molecule has 0 saturated carbocycles. The van der Waals surface area contributed by atoms with Crippen molar-refractivity contribution in [3.05, 3.63) is 34.2 Å². The van der Waals surface area contributed by atoms with Gasteiger partial charge in [0.2, 0.25) is 0 Å². The number of pyridine rings is 1. The number of piperidine rings is 1. The van der Waals surface area contributed by atoms with Crippen molar-refractivity contribution in [2.45, 2.75) is 18.9 Å². The second kappa shape index (κ2) is 3.18. The molecule has 15 heavy (non-hydrogen) atoms. The molecule has 80 valence electrons. The molecule has 0 amide bonds. The first-order chi connectivity index (χ1) is 7.24. The van der Waals surface area contributed by atoms with E-state index in [2.05, 4.69) is 6.07 Å². The maximum Gasteiger partial charge on any atom is 0.250 e. The van der Waals surface area contributed by atoms with Gasteiger partial charge in [-0.25, -0.2) is 5.01 Å². The number of hydrogen-bond donors (Lipinski definition) is 1. The summed E-state index contributed by atoms with van der Waals surface area (Å²) in [7, 11) is 0. The monoisotopic (exact) mass is 205 g/mol. The van der Waals surface area contributed by atoms with Crippen LogP contribution in [-0.4, -0.2) is 22.7 Å². The van der Waals surface area contributed by atoms with Crippen LogP contribution in [0, 0.1) is 5.92 Å². The Kier molecular flexibility index (Phi) is 1.94. The average Bonchev–Trinajstić information content (AvgIpc) is 2.19. The molecular formula is C11H15N3O. The molecule has 3 heterocycles. The lowest BCUT2D eigenvalue weighted by Gasteiger charge is -2.40. The summed E-state index contributed by atoms with van der Waals surface area (Å²) in [5.74, 6) is 6.85. The fraction of sp³-hybridized carbons (Fsp3) is 0.545. The number of hydrogen-bond acceptors (Lipinski definition) is 3. The Bertz CT molecular complexity index is 440. The molecule has 2 aliphatic heterocycles. The van der Waals surface area contributed by atoms with Crippen LogP contribution >= 0.6 is 0 Å². The first-order valence-corrected chi connectivity index (χ1v) is 5.43. The summed E-state index contributed by atoms with van der Waals surface area (Å²) in [4.78, 5) is 11.7. The van der Waals surface area contributed by atoms with Gasteiger partial charge in [0.05, 0.1) is 0 Å². The van der Waals surface area contributed by atoms with Gasteiger partial charge in [0.1, 0.15) is 0 Å². The highest BCUT2D eigenvalue weighted by molar-refractivity contribution is 5.16. The van der Waals surface area contributed by atoms with Crippen molar-refractivity contribution in [1.29, 1.82) is 0 Å². The normalized spacial score (nSPS) is 29.9. The highest BCUT2D eigenvalue weighted by Crippen LogP contribution is 2.33. The molecule has 0 aromatic carbocycles. The number of rotatable bonds is 0. The minimum atomic E-state index is 0.132. The maximum absolute atomic E-state index is 11.7. The van der Waals surface area contributed by atoms with Crippen LogP contribution in [0.5, 0.6) is 0 Å². The van der Waals surface area contributed by atoms with Gasteiger partial charge in [-0.3, -0.25) is 10.6 Å². The van der Waals surface area contributed by atoms with E-state index in [1.807, 2.05) is 15.6 Å². The van der Waals surface area contributed by atoms with Crippen molar-refractivity contribution in [3.63, 3.8) is 0 Å². The van der Waals surface area contributed by atoms with E-state index in [9.17, 15) is 4.79 Å². The zero-order chi connectivity index (χ0) is 10.4. The summed E-state index contributed by atoms with van der Waals surface area (Å²) in [6, 6.07) is 5.55. The van der Waals surface area contributed by atoms with Gasteiger partial charge in [0.15, 0.2) is 0 Å². The lowest BCUT2D eigenvalue weighted by atomic mass is 9.84. The van der Waals surface area contributed by atoms with E-state index in [0.717, 1.165) is 25.3 Å². The third kappa shape index (κ3) is 1.41. The van der Waals surface area contributed by atoms with Crippen LogP contribution in [0.1, 0.15) is 18.0 Å². The summed E-state index contributed by atoms with van der Waals surface area (Å²) in [6.45, 7) is 2.62. The van der Waals surface area contributed by atoms with Gasteiger partial charge in [0, 0.05) is 37.3 Å². The first-order valence-electron chi connectivity index (χ1n) is 5.43. The van der Waals surface area contributed by atoms with Gasteiger partial charge >= 0.3 is 0 Å². The van der Waals surface area contributed by atoms with E-state index in [0.29, 0.717) is 11.8 Å². The first kappa shape index (κ1) is 9.12. The van der Waals surface area contributed by atoms with Crippen LogP contribution in [0.25, 0.3) is 0 Å². The number of aromatic nitrogens is 1. The van der Waals surface area contributed by atoms with Crippen LogP contribution in [-0.2, 0) is 6.54 Å². The van der Waals surface area contributed by atoms with Crippen LogP contribution in [0.3, 0.4) is 0 Å². The van der Waals surface area contributed by atoms with Gasteiger partial charge in [-0.05, 0) is 18.4 Å². The molecule has 4 nitrogen and oxygen atoms in total. The third-order valence-electron chi connectivity index (χ3n) is 3.51. The SMILES string of the molecule is NN1CC2CC(C1)c1cccc(=O)n1C2. The number of nitrogens with zero attached hydrogens (tertiary/aromatic N) is 2. The van der Waals surface area contributed by atoms with Crippen molar-refractivity contribution in [3.8, 4) is 0 Å². The second-order valence-electron chi connectivity index (χ2n) is 4.65. The lowest BCUT2D eigenvalue weighted by molar-refractivity contribution is 0.121.